The van der Waals surface area contributed by atoms with Crippen LogP contribution < -0.4 is 0 Å². The minimum Gasteiger partial charge on any atom is -0.393 e. The number of aliphatic hydroxyl groups is 1. The van der Waals surface area contributed by atoms with Crippen LogP contribution in [0.2, 0.25) is 0 Å². The van der Waals surface area contributed by atoms with Crippen LogP contribution in [0.15, 0.2) is 0 Å². The lowest BCUT2D eigenvalue weighted by Gasteiger charge is -2.49. The molecule has 0 heterocycles. The zero-order chi connectivity index (χ0) is 12.2. The van der Waals surface area contributed by atoms with Gasteiger partial charge in [0.25, 0.3) is 0 Å². The van der Waals surface area contributed by atoms with Crippen LogP contribution >= 0.6 is 0 Å². The van der Waals surface area contributed by atoms with Crippen LogP contribution in [-0.2, 0) is 0 Å². The summed E-state index contributed by atoms with van der Waals surface area (Å²) >= 11 is 0. The molecule has 1 aliphatic carbocycles. The molecule has 0 radical (unpaired) electrons. The Kier molecular flexibility index (Phi) is 4.85. The smallest absolute Gasteiger partial charge is 0.0550 e. The summed E-state index contributed by atoms with van der Waals surface area (Å²) in [5.74, 6) is 0. The van der Waals surface area contributed by atoms with Gasteiger partial charge in [0, 0.05) is 0 Å². The van der Waals surface area contributed by atoms with Gasteiger partial charge in [0.05, 0.1) is 6.10 Å². The highest BCUT2D eigenvalue weighted by atomic mass is 16.3. The second-order valence-electron chi connectivity index (χ2n) is 6.05. The normalized spacial score (nSPS) is 33.9. The van der Waals surface area contributed by atoms with Gasteiger partial charge in [-0.3, -0.25) is 0 Å². The lowest BCUT2D eigenvalue weighted by molar-refractivity contribution is -0.0439. The third-order valence-electron chi connectivity index (χ3n) is 5.12. The molecule has 0 aromatic rings. The maximum absolute atomic E-state index is 10.2. The maximum atomic E-state index is 10.2. The van der Waals surface area contributed by atoms with E-state index in [2.05, 4.69) is 27.7 Å². The summed E-state index contributed by atoms with van der Waals surface area (Å²) in [7, 11) is 0. The minimum absolute atomic E-state index is 0.0554. The Morgan fingerprint density at radius 2 is 1.44 bits per heavy atom. The van der Waals surface area contributed by atoms with E-state index in [-0.39, 0.29) is 6.10 Å². The van der Waals surface area contributed by atoms with Gasteiger partial charge in [-0.05, 0) is 36.5 Å². The van der Waals surface area contributed by atoms with Crippen LogP contribution in [0.25, 0.3) is 0 Å². The largest absolute Gasteiger partial charge is 0.393 e. The highest BCUT2D eigenvalue weighted by molar-refractivity contribution is 4.95. The van der Waals surface area contributed by atoms with Crippen LogP contribution in [0, 0.1) is 10.8 Å². The van der Waals surface area contributed by atoms with Crippen molar-refractivity contribution >= 4 is 0 Å². The van der Waals surface area contributed by atoms with E-state index in [1.54, 1.807) is 0 Å². The molecule has 96 valence electrons. The molecule has 0 aliphatic heterocycles. The molecule has 2 atom stereocenters. The highest BCUT2D eigenvalue weighted by Crippen LogP contribution is 2.53. The van der Waals surface area contributed by atoms with Crippen LogP contribution in [0.1, 0.15) is 79.1 Å². The minimum atomic E-state index is -0.0554. The van der Waals surface area contributed by atoms with Gasteiger partial charge in [0.15, 0.2) is 0 Å². The van der Waals surface area contributed by atoms with Gasteiger partial charge in [0.2, 0.25) is 0 Å². The molecule has 0 saturated heterocycles. The molecule has 0 aromatic carbocycles. The van der Waals surface area contributed by atoms with Crippen molar-refractivity contribution in [3.05, 3.63) is 0 Å². The summed E-state index contributed by atoms with van der Waals surface area (Å²) in [5.41, 5.74) is 0.848. The topological polar surface area (TPSA) is 20.2 Å². The van der Waals surface area contributed by atoms with Crippen molar-refractivity contribution in [1.29, 1.82) is 0 Å². The molecule has 1 heteroatoms. The standard InChI is InChI=1S/C15H30O/c1-5-9-15(8-4)11-13(16)10-14(6-2,7-3)12-15/h13,16H,5-12H2,1-4H3. The predicted molar refractivity (Wildman–Crippen MR) is 70.5 cm³/mol. The van der Waals surface area contributed by atoms with Crippen molar-refractivity contribution in [1.82, 2.24) is 0 Å². The van der Waals surface area contributed by atoms with Crippen LogP contribution in [-0.4, -0.2) is 11.2 Å². The quantitative estimate of drug-likeness (QED) is 0.730. The first-order chi connectivity index (χ1) is 7.55. The molecule has 1 rings (SSSR count). The Labute approximate surface area is 102 Å². The lowest BCUT2D eigenvalue weighted by atomic mass is 9.57. The van der Waals surface area contributed by atoms with E-state index in [1.807, 2.05) is 0 Å². The summed E-state index contributed by atoms with van der Waals surface area (Å²) in [6.45, 7) is 9.18. The molecular weight excluding hydrogens is 196 g/mol. The van der Waals surface area contributed by atoms with Gasteiger partial charge in [-0.1, -0.05) is 53.4 Å². The second-order valence-corrected chi connectivity index (χ2v) is 6.05. The number of aliphatic hydroxyl groups excluding tert-OH is 1. The average molecular weight is 226 g/mol. The Balaban J connectivity index is 2.87. The molecule has 0 amide bonds. The number of hydrogen-bond donors (Lipinski definition) is 1. The van der Waals surface area contributed by atoms with Gasteiger partial charge in [-0.25, -0.2) is 0 Å². The molecule has 1 fully saturated rings. The summed E-state index contributed by atoms with van der Waals surface area (Å²) in [6, 6.07) is 0. The molecule has 2 unspecified atom stereocenters. The van der Waals surface area contributed by atoms with E-state index in [9.17, 15) is 5.11 Å². The Morgan fingerprint density at radius 1 is 0.938 bits per heavy atom. The monoisotopic (exact) mass is 226 g/mol. The molecule has 1 N–H and O–H groups in total. The van der Waals surface area contributed by atoms with Crippen molar-refractivity contribution in [3.63, 3.8) is 0 Å². The molecule has 0 spiro atoms. The van der Waals surface area contributed by atoms with Crippen LogP contribution in [0.3, 0.4) is 0 Å². The molecule has 1 nitrogen and oxygen atoms in total. The lowest BCUT2D eigenvalue weighted by Crippen LogP contribution is -2.42. The Bertz CT molecular complexity index is 207. The van der Waals surface area contributed by atoms with Crippen molar-refractivity contribution < 1.29 is 5.11 Å². The summed E-state index contributed by atoms with van der Waals surface area (Å²) < 4.78 is 0. The first-order valence-electron chi connectivity index (χ1n) is 7.23. The zero-order valence-corrected chi connectivity index (χ0v) is 11.7. The van der Waals surface area contributed by atoms with E-state index in [4.69, 9.17) is 0 Å². The zero-order valence-electron chi connectivity index (χ0n) is 11.7. The van der Waals surface area contributed by atoms with E-state index < -0.39 is 0 Å². The SMILES string of the molecule is CCCC1(CC)CC(O)CC(CC)(CC)C1. The Hall–Kier alpha value is -0.0400. The third-order valence-corrected chi connectivity index (χ3v) is 5.12. The summed E-state index contributed by atoms with van der Waals surface area (Å²) in [5, 5.41) is 10.2. The van der Waals surface area contributed by atoms with Crippen molar-refractivity contribution in [3.8, 4) is 0 Å². The van der Waals surface area contributed by atoms with Crippen LogP contribution in [0.4, 0.5) is 0 Å². The summed E-state index contributed by atoms with van der Waals surface area (Å²) in [6.07, 6.45) is 9.60. The van der Waals surface area contributed by atoms with Gasteiger partial charge in [-0.2, -0.15) is 0 Å². The molecular formula is C15H30O. The van der Waals surface area contributed by atoms with Crippen molar-refractivity contribution in [2.75, 3.05) is 0 Å². The number of hydrogen-bond acceptors (Lipinski definition) is 1. The fraction of sp³-hybridized carbons (Fsp3) is 1.00. The molecule has 1 aliphatic rings. The third kappa shape index (κ3) is 2.80. The van der Waals surface area contributed by atoms with Crippen molar-refractivity contribution in [2.45, 2.75) is 85.2 Å². The van der Waals surface area contributed by atoms with E-state index in [1.165, 1.54) is 38.5 Å². The number of rotatable bonds is 5. The summed E-state index contributed by atoms with van der Waals surface area (Å²) in [4.78, 5) is 0. The van der Waals surface area contributed by atoms with E-state index >= 15 is 0 Å². The van der Waals surface area contributed by atoms with Gasteiger partial charge < -0.3 is 5.11 Å². The molecule has 0 aromatic heterocycles. The fourth-order valence-corrected chi connectivity index (χ4v) is 3.97. The fourth-order valence-electron chi connectivity index (χ4n) is 3.97. The average Bonchev–Trinajstić information content (AvgIpc) is 2.28. The van der Waals surface area contributed by atoms with Crippen molar-refractivity contribution in [2.24, 2.45) is 10.8 Å². The maximum Gasteiger partial charge on any atom is 0.0550 e. The van der Waals surface area contributed by atoms with Gasteiger partial charge >= 0.3 is 0 Å². The van der Waals surface area contributed by atoms with E-state index in [0.717, 1.165) is 12.8 Å². The predicted octanol–water partition coefficient (Wildman–Crippen LogP) is 4.53. The highest BCUT2D eigenvalue weighted by Gasteiger charge is 2.44. The second kappa shape index (κ2) is 5.53. The van der Waals surface area contributed by atoms with Gasteiger partial charge in [0.1, 0.15) is 0 Å². The first-order valence-corrected chi connectivity index (χ1v) is 7.23. The molecule has 0 bridgehead atoms. The molecule has 16 heavy (non-hydrogen) atoms. The first kappa shape index (κ1) is 14.0. The Morgan fingerprint density at radius 3 is 1.88 bits per heavy atom. The van der Waals surface area contributed by atoms with Crippen LogP contribution in [0.5, 0.6) is 0 Å². The van der Waals surface area contributed by atoms with E-state index in [0.29, 0.717) is 10.8 Å². The molecule has 1 saturated carbocycles. The van der Waals surface area contributed by atoms with Gasteiger partial charge in [-0.15, -0.1) is 0 Å².